The Labute approximate surface area is 95.0 Å². The molecule has 1 N–H and O–H groups in total. The third kappa shape index (κ3) is 3.48. The smallest absolute Gasteiger partial charge is 0.00674 e. The van der Waals surface area contributed by atoms with Crippen molar-refractivity contribution < 1.29 is 0 Å². The van der Waals surface area contributed by atoms with Crippen molar-refractivity contribution in [2.24, 2.45) is 11.3 Å². The van der Waals surface area contributed by atoms with Gasteiger partial charge in [-0.25, -0.2) is 0 Å². The standard InChI is InChI=1S/C14H27N/c1-3-4-12-5-7-13(8-6-12)15-11-14(2)9-10-14/h12-13,15H,3-11H2,1-2H3. The van der Waals surface area contributed by atoms with E-state index in [4.69, 9.17) is 0 Å². The minimum Gasteiger partial charge on any atom is -0.313 e. The normalized spacial score (nSPS) is 34.0. The third-order valence-corrected chi connectivity index (χ3v) is 4.46. The lowest BCUT2D eigenvalue weighted by atomic mass is 9.83. The average Bonchev–Trinajstić information content (AvgIpc) is 2.97. The molecule has 0 saturated heterocycles. The van der Waals surface area contributed by atoms with Gasteiger partial charge in [0.25, 0.3) is 0 Å². The fraction of sp³-hybridized carbons (Fsp3) is 1.00. The molecule has 2 aliphatic rings. The number of hydrogen-bond acceptors (Lipinski definition) is 1. The quantitative estimate of drug-likeness (QED) is 0.727. The van der Waals surface area contributed by atoms with Crippen molar-refractivity contribution in [3.05, 3.63) is 0 Å². The van der Waals surface area contributed by atoms with Gasteiger partial charge in [0.15, 0.2) is 0 Å². The highest BCUT2D eigenvalue weighted by molar-refractivity contribution is 4.91. The van der Waals surface area contributed by atoms with Gasteiger partial charge in [-0.15, -0.1) is 0 Å². The van der Waals surface area contributed by atoms with Gasteiger partial charge in [-0.2, -0.15) is 0 Å². The summed E-state index contributed by atoms with van der Waals surface area (Å²) in [5.41, 5.74) is 0.681. The van der Waals surface area contributed by atoms with Crippen LogP contribution in [0.5, 0.6) is 0 Å². The molecular weight excluding hydrogens is 182 g/mol. The molecule has 88 valence electrons. The van der Waals surface area contributed by atoms with Crippen LogP contribution in [0.25, 0.3) is 0 Å². The van der Waals surface area contributed by atoms with Crippen LogP contribution in [0.3, 0.4) is 0 Å². The third-order valence-electron chi connectivity index (χ3n) is 4.46. The van der Waals surface area contributed by atoms with E-state index in [9.17, 15) is 0 Å². The lowest BCUT2D eigenvalue weighted by Gasteiger charge is -2.30. The van der Waals surface area contributed by atoms with Crippen molar-refractivity contribution in [2.75, 3.05) is 6.54 Å². The van der Waals surface area contributed by atoms with Crippen LogP contribution in [0.2, 0.25) is 0 Å². The van der Waals surface area contributed by atoms with E-state index >= 15 is 0 Å². The molecule has 0 spiro atoms. The number of hydrogen-bond donors (Lipinski definition) is 1. The molecule has 0 aliphatic heterocycles. The van der Waals surface area contributed by atoms with Crippen LogP contribution in [0.15, 0.2) is 0 Å². The van der Waals surface area contributed by atoms with Crippen LogP contribution >= 0.6 is 0 Å². The summed E-state index contributed by atoms with van der Waals surface area (Å²) < 4.78 is 0. The van der Waals surface area contributed by atoms with E-state index in [1.54, 1.807) is 0 Å². The second kappa shape index (κ2) is 4.86. The number of rotatable bonds is 5. The maximum atomic E-state index is 3.79. The molecule has 1 heteroatoms. The van der Waals surface area contributed by atoms with E-state index in [0.29, 0.717) is 5.41 Å². The molecule has 0 atom stereocenters. The summed E-state index contributed by atoms with van der Waals surface area (Å²) in [6.45, 7) is 6.01. The summed E-state index contributed by atoms with van der Waals surface area (Å²) in [5.74, 6) is 1.05. The molecule has 2 saturated carbocycles. The largest absolute Gasteiger partial charge is 0.313 e. The Bertz CT molecular complexity index is 188. The van der Waals surface area contributed by atoms with E-state index in [1.807, 2.05) is 0 Å². The molecule has 1 nitrogen and oxygen atoms in total. The van der Waals surface area contributed by atoms with Crippen molar-refractivity contribution in [3.8, 4) is 0 Å². The number of nitrogens with one attached hydrogen (secondary N) is 1. The van der Waals surface area contributed by atoms with Crippen molar-refractivity contribution in [1.29, 1.82) is 0 Å². The highest BCUT2D eigenvalue weighted by Gasteiger charge is 2.37. The Balaban J connectivity index is 1.60. The van der Waals surface area contributed by atoms with E-state index in [2.05, 4.69) is 19.2 Å². The fourth-order valence-electron chi connectivity index (χ4n) is 2.84. The van der Waals surface area contributed by atoms with Gasteiger partial charge in [0, 0.05) is 12.6 Å². The zero-order valence-corrected chi connectivity index (χ0v) is 10.5. The zero-order chi connectivity index (χ0) is 10.7. The van der Waals surface area contributed by atoms with Crippen molar-refractivity contribution >= 4 is 0 Å². The minimum atomic E-state index is 0.681. The molecule has 15 heavy (non-hydrogen) atoms. The summed E-state index contributed by atoms with van der Waals surface area (Å²) in [6, 6.07) is 0.843. The second-order valence-electron chi connectivity index (χ2n) is 6.20. The lowest BCUT2D eigenvalue weighted by molar-refractivity contribution is 0.269. The van der Waals surface area contributed by atoms with Crippen molar-refractivity contribution in [3.63, 3.8) is 0 Å². The van der Waals surface area contributed by atoms with Gasteiger partial charge in [-0.3, -0.25) is 0 Å². The first-order valence-corrected chi connectivity index (χ1v) is 6.95. The van der Waals surface area contributed by atoms with Crippen LogP contribution in [0.4, 0.5) is 0 Å². The molecule has 0 aromatic rings. The molecule has 0 heterocycles. The highest BCUT2D eigenvalue weighted by Crippen LogP contribution is 2.44. The summed E-state index contributed by atoms with van der Waals surface area (Å²) in [4.78, 5) is 0. The molecule has 0 aromatic heterocycles. The maximum absolute atomic E-state index is 3.79. The summed E-state index contributed by atoms with van der Waals surface area (Å²) in [7, 11) is 0. The first-order chi connectivity index (χ1) is 7.22. The van der Waals surface area contributed by atoms with Crippen LogP contribution in [0, 0.1) is 11.3 Å². The summed E-state index contributed by atoms with van der Waals surface area (Å²) >= 11 is 0. The summed E-state index contributed by atoms with van der Waals surface area (Å²) in [5, 5.41) is 3.79. The Kier molecular flexibility index (Phi) is 3.71. The van der Waals surface area contributed by atoms with Gasteiger partial charge >= 0.3 is 0 Å². The monoisotopic (exact) mass is 209 g/mol. The highest BCUT2D eigenvalue weighted by atomic mass is 14.9. The van der Waals surface area contributed by atoms with Crippen molar-refractivity contribution in [2.45, 2.75) is 71.3 Å². The Morgan fingerprint density at radius 3 is 2.33 bits per heavy atom. The lowest BCUT2D eigenvalue weighted by Crippen LogP contribution is -2.36. The predicted molar refractivity (Wildman–Crippen MR) is 66.0 cm³/mol. The molecule has 2 aliphatic carbocycles. The molecule has 0 amide bonds. The van der Waals surface area contributed by atoms with Gasteiger partial charge in [-0.1, -0.05) is 26.7 Å². The van der Waals surface area contributed by atoms with Gasteiger partial charge in [0.1, 0.15) is 0 Å². The Morgan fingerprint density at radius 2 is 1.80 bits per heavy atom. The van der Waals surface area contributed by atoms with Crippen LogP contribution in [0.1, 0.15) is 65.2 Å². The van der Waals surface area contributed by atoms with Gasteiger partial charge in [0.2, 0.25) is 0 Å². The molecule has 0 aromatic carbocycles. The molecule has 0 bridgehead atoms. The van der Waals surface area contributed by atoms with Gasteiger partial charge in [-0.05, 0) is 49.9 Å². The molecule has 0 radical (unpaired) electrons. The average molecular weight is 209 g/mol. The maximum Gasteiger partial charge on any atom is 0.00674 e. The van der Waals surface area contributed by atoms with Crippen LogP contribution in [-0.2, 0) is 0 Å². The minimum absolute atomic E-state index is 0.681. The van der Waals surface area contributed by atoms with Crippen LogP contribution in [-0.4, -0.2) is 12.6 Å². The second-order valence-corrected chi connectivity index (χ2v) is 6.20. The molecule has 2 rings (SSSR count). The first kappa shape index (κ1) is 11.4. The summed E-state index contributed by atoms with van der Waals surface area (Å²) in [6.07, 6.45) is 11.5. The molecule has 0 unspecified atom stereocenters. The van der Waals surface area contributed by atoms with Crippen LogP contribution < -0.4 is 5.32 Å². The van der Waals surface area contributed by atoms with Gasteiger partial charge in [0.05, 0.1) is 0 Å². The fourth-order valence-corrected chi connectivity index (χ4v) is 2.84. The predicted octanol–water partition coefficient (Wildman–Crippen LogP) is 3.74. The van der Waals surface area contributed by atoms with Crippen molar-refractivity contribution in [1.82, 2.24) is 5.32 Å². The first-order valence-electron chi connectivity index (χ1n) is 6.95. The Morgan fingerprint density at radius 1 is 1.13 bits per heavy atom. The van der Waals surface area contributed by atoms with E-state index in [-0.39, 0.29) is 0 Å². The Hall–Kier alpha value is -0.0400. The topological polar surface area (TPSA) is 12.0 Å². The molecular formula is C14H27N. The molecule has 2 fully saturated rings. The zero-order valence-electron chi connectivity index (χ0n) is 10.5. The van der Waals surface area contributed by atoms with E-state index in [0.717, 1.165) is 12.0 Å². The van der Waals surface area contributed by atoms with E-state index in [1.165, 1.54) is 57.9 Å². The van der Waals surface area contributed by atoms with E-state index < -0.39 is 0 Å². The van der Waals surface area contributed by atoms with Gasteiger partial charge < -0.3 is 5.32 Å². The SMILES string of the molecule is CCCC1CCC(NCC2(C)CC2)CC1.